The Morgan fingerprint density at radius 1 is 1.00 bits per heavy atom. The number of carbonyl (C=O) groups excluding carboxylic acids is 1. The van der Waals surface area contributed by atoms with Crippen molar-refractivity contribution >= 4 is 17.4 Å². The predicted molar refractivity (Wildman–Crippen MR) is 110 cm³/mol. The van der Waals surface area contributed by atoms with Crippen LogP contribution in [0.5, 0.6) is 0 Å². The summed E-state index contributed by atoms with van der Waals surface area (Å²) >= 11 is 6.11. The Morgan fingerprint density at radius 2 is 1.78 bits per heavy atom. The fourth-order valence-electron chi connectivity index (χ4n) is 3.36. The number of halogens is 1. The van der Waals surface area contributed by atoms with Crippen LogP contribution in [0.25, 0.3) is 11.1 Å². The van der Waals surface area contributed by atoms with E-state index in [1.165, 1.54) is 0 Å². The van der Waals surface area contributed by atoms with Crippen LogP contribution in [-0.2, 0) is 16.0 Å². The minimum Gasteiger partial charge on any atom is -0.368 e. The Kier molecular flexibility index (Phi) is 5.38. The van der Waals surface area contributed by atoms with Gasteiger partial charge < -0.3 is 4.74 Å². The SMILES string of the molecule is O=C(Cc1cc(-c2ccccc2)ccc1[C@H]1CO1)C1=CCC/C=C(\Cl)C=C1. The summed E-state index contributed by atoms with van der Waals surface area (Å²) in [6.07, 6.45) is 9.78. The van der Waals surface area contributed by atoms with Gasteiger partial charge in [-0.25, -0.2) is 0 Å². The molecule has 1 heterocycles. The molecule has 0 bridgehead atoms. The van der Waals surface area contributed by atoms with E-state index in [4.69, 9.17) is 16.3 Å². The Balaban J connectivity index is 1.63. The second-order valence-electron chi connectivity index (χ2n) is 6.86. The highest BCUT2D eigenvalue weighted by Crippen LogP contribution is 2.35. The number of allylic oxidation sites excluding steroid dienone is 6. The van der Waals surface area contributed by atoms with Crippen molar-refractivity contribution in [2.45, 2.75) is 25.4 Å². The number of rotatable bonds is 5. The lowest BCUT2D eigenvalue weighted by Gasteiger charge is -2.11. The van der Waals surface area contributed by atoms with Crippen LogP contribution in [0.15, 0.2) is 83.4 Å². The normalized spacial score (nSPS) is 20.9. The van der Waals surface area contributed by atoms with Gasteiger partial charge in [-0.05, 0) is 41.2 Å². The molecule has 0 N–H and O–H groups in total. The summed E-state index contributed by atoms with van der Waals surface area (Å²) in [7, 11) is 0. The molecule has 2 aliphatic rings. The highest BCUT2D eigenvalue weighted by Gasteiger charge is 2.28. The molecule has 1 aliphatic heterocycles. The summed E-state index contributed by atoms with van der Waals surface area (Å²) in [6.45, 7) is 0.731. The second-order valence-corrected chi connectivity index (χ2v) is 7.30. The molecule has 0 spiro atoms. The smallest absolute Gasteiger partial charge is 0.166 e. The maximum atomic E-state index is 13.0. The van der Waals surface area contributed by atoms with E-state index < -0.39 is 0 Å². The van der Waals surface area contributed by atoms with Crippen LogP contribution < -0.4 is 0 Å². The average Bonchev–Trinajstić information content (AvgIpc) is 3.51. The highest BCUT2D eigenvalue weighted by atomic mass is 35.5. The molecular formula is C24H21ClO2. The van der Waals surface area contributed by atoms with Crippen molar-refractivity contribution in [3.8, 4) is 11.1 Å². The number of carbonyl (C=O) groups is 1. The van der Waals surface area contributed by atoms with Crippen molar-refractivity contribution in [2.75, 3.05) is 6.61 Å². The van der Waals surface area contributed by atoms with Crippen LogP contribution in [0.3, 0.4) is 0 Å². The van der Waals surface area contributed by atoms with Crippen molar-refractivity contribution < 1.29 is 9.53 Å². The third kappa shape index (κ3) is 4.47. The molecule has 2 aromatic rings. The molecule has 1 atom stereocenters. The fraction of sp³-hybridized carbons (Fsp3) is 0.208. The molecule has 1 fully saturated rings. The Labute approximate surface area is 164 Å². The Hall–Kier alpha value is -2.42. The number of ether oxygens (including phenoxy) is 1. The summed E-state index contributed by atoms with van der Waals surface area (Å²) < 4.78 is 5.49. The number of ketones is 1. The highest BCUT2D eigenvalue weighted by molar-refractivity contribution is 6.31. The number of epoxide rings is 1. The van der Waals surface area contributed by atoms with Crippen LogP contribution in [0.4, 0.5) is 0 Å². The van der Waals surface area contributed by atoms with E-state index >= 15 is 0 Å². The Morgan fingerprint density at radius 3 is 2.56 bits per heavy atom. The van der Waals surface area contributed by atoms with E-state index in [9.17, 15) is 4.79 Å². The maximum absolute atomic E-state index is 13.0. The molecule has 1 saturated heterocycles. The molecule has 3 heteroatoms. The monoisotopic (exact) mass is 376 g/mol. The molecule has 2 nitrogen and oxygen atoms in total. The van der Waals surface area contributed by atoms with Gasteiger partial charge in [0.05, 0.1) is 6.61 Å². The van der Waals surface area contributed by atoms with Gasteiger partial charge in [-0.15, -0.1) is 0 Å². The lowest BCUT2D eigenvalue weighted by atomic mass is 9.92. The van der Waals surface area contributed by atoms with Crippen LogP contribution in [0, 0.1) is 0 Å². The summed E-state index contributed by atoms with van der Waals surface area (Å²) in [4.78, 5) is 13.0. The average molecular weight is 377 g/mol. The van der Waals surface area contributed by atoms with E-state index in [-0.39, 0.29) is 11.9 Å². The molecule has 0 radical (unpaired) electrons. The third-order valence-electron chi connectivity index (χ3n) is 4.90. The first-order valence-corrected chi connectivity index (χ1v) is 9.65. The van der Waals surface area contributed by atoms with Crippen molar-refractivity contribution in [1.29, 1.82) is 0 Å². The van der Waals surface area contributed by atoms with E-state index in [0.29, 0.717) is 11.5 Å². The number of hydrogen-bond acceptors (Lipinski definition) is 2. The minimum absolute atomic E-state index is 0.115. The third-order valence-corrected chi connectivity index (χ3v) is 5.18. The van der Waals surface area contributed by atoms with E-state index in [1.54, 1.807) is 6.08 Å². The fourth-order valence-corrected chi connectivity index (χ4v) is 3.53. The molecular weight excluding hydrogens is 356 g/mol. The van der Waals surface area contributed by atoms with Crippen LogP contribution in [-0.4, -0.2) is 12.4 Å². The van der Waals surface area contributed by atoms with Gasteiger partial charge in [0.1, 0.15) is 6.10 Å². The molecule has 0 amide bonds. The summed E-state index contributed by atoms with van der Waals surface area (Å²) in [5.41, 5.74) is 5.17. The Bertz CT molecular complexity index is 934. The summed E-state index contributed by atoms with van der Waals surface area (Å²) in [6, 6.07) is 16.6. The van der Waals surface area contributed by atoms with Crippen LogP contribution >= 0.6 is 11.6 Å². The number of hydrogen-bond donors (Lipinski definition) is 0. The maximum Gasteiger partial charge on any atom is 0.166 e. The molecule has 27 heavy (non-hydrogen) atoms. The van der Waals surface area contributed by atoms with Gasteiger partial charge in [0.25, 0.3) is 0 Å². The lowest BCUT2D eigenvalue weighted by molar-refractivity contribution is -0.114. The van der Waals surface area contributed by atoms with Crippen molar-refractivity contribution in [3.05, 3.63) is 94.6 Å². The van der Waals surface area contributed by atoms with Crippen LogP contribution in [0.1, 0.15) is 30.1 Å². The number of benzene rings is 2. The zero-order chi connectivity index (χ0) is 18.6. The van der Waals surface area contributed by atoms with E-state index in [2.05, 4.69) is 30.3 Å². The molecule has 0 aromatic heterocycles. The largest absolute Gasteiger partial charge is 0.368 e. The van der Waals surface area contributed by atoms with Crippen molar-refractivity contribution in [2.24, 2.45) is 0 Å². The molecule has 0 saturated carbocycles. The van der Waals surface area contributed by atoms with Crippen molar-refractivity contribution in [1.82, 2.24) is 0 Å². The second kappa shape index (κ2) is 8.08. The van der Waals surface area contributed by atoms with Gasteiger partial charge in [0.2, 0.25) is 0 Å². The molecule has 2 aromatic carbocycles. The quantitative estimate of drug-likeness (QED) is 0.605. The first-order valence-electron chi connectivity index (χ1n) is 9.27. The number of Topliss-reactive ketones (excluding diaryl/α,β-unsaturated/α-hetero) is 1. The zero-order valence-corrected chi connectivity index (χ0v) is 15.8. The first-order chi connectivity index (χ1) is 13.2. The van der Waals surface area contributed by atoms with Gasteiger partial charge >= 0.3 is 0 Å². The summed E-state index contributed by atoms with van der Waals surface area (Å²) in [5, 5.41) is 0.687. The van der Waals surface area contributed by atoms with Gasteiger partial charge in [0.15, 0.2) is 5.78 Å². The van der Waals surface area contributed by atoms with Gasteiger partial charge in [-0.3, -0.25) is 4.79 Å². The van der Waals surface area contributed by atoms with Crippen molar-refractivity contribution in [3.63, 3.8) is 0 Å². The lowest BCUT2D eigenvalue weighted by Crippen LogP contribution is -2.08. The van der Waals surface area contributed by atoms with Crippen LogP contribution in [0.2, 0.25) is 0 Å². The minimum atomic E-state index is 0.115. The van der Waals surface area contributed by atoms with Gasteiger partial charge in [-0.1, -0.05) is 78.4 Å². The van der Waals surface area contributed by atoms with E-state index in [1.807, 2.05) is 36.4 Å². The molecule has 0 unspecified atom stereocenters. The van der Waals surface area contributed by atoms with E-state index in [0.717, 1.165) is 47.3 Å². The summed E-state index contributed by atoms with van der Waals surface area (Å²) in [5.74, 6) is 0.115. The molecule has 1 aliphatic carbocycles. The topological polar surface area (TPSA) is 29.6 Å². The predicted octanol–water partition coefficient (Wildman–Crippen LogP) is 5.94. The standard InChI is InChI=1S/C24H21ClO2/c25-21-9-5-4-8-18(10-12-21)23(26)15-20-14-19(17-6-2-1-3-7-17)11-13-22(20)24-16-27-24/h1-3,6-14,24H,4-5,15-16H2/b12-10?,18-8?,21-9-/t24-/m1/s1. The zero-order valence-electron chi connectivity index (χ0n) is 15.0. The first kappa shape index (κ1) is 18.0. The van der Waals surface area contributed by atoms with Gasteiger partial charge in [-0.2, -0.15) is 0 Å². The molecule has 4 rings (SSSR count). The molecule has 136 valence electrons. The van der Waals surface area contributed by atoms with Gasteiger partial charge in [0, 0.05) is 17.0 Å².